The van der Waals surface area contributed by atoms with Crippen LogP contribution in [0.1, 0.15) is 18.2 Å². The molecule has 4 aromatic rings. The van der Waals surface area contributed by atoms with Crippen LogP contribution < -0.4 is 15.0 Å². The predicted octanol–water partition coefficient (Wildman–Crippen LogP) is 5.25. The number of alkyl halides is 3. The Morgan fingerprint density at radius 3 is 2.53 bits per heavy atom. The summed E-state index contributed by atoms with van der Waals surface area (Å²) in [4.78, 5) is 16.4. The molecule has 0 radical (unpaired) electrons. The minimum Gasteiger partial charge on any atom is -0.496 e. The fraction of sp³-hybridized carbons (Fsp3) is 0.227. The van der Waals surface area contributed by atoms with Crippen LogP contribution in [-0.4, -0.2) is 27.0 Å². The Bertz CT molecular complexity index is 1360. The van der Waals surface area contributed by atoms with Gasteiger partial charge in [0.15, 0.2) is 5.69 Å². The van der Waals surface area contributed by atoms with Gasteiger partial charge in [0.1, 0.15) is 11.4 Å². The van der Waals surface area contributed by atoms with Gasteiger partial charge in [0, 0.05) is 17.7 Å². The van der Waals surface area contributed by atoms with Crippen LogP contribution in [0, 0.1) is 6.92 Å². The van der Waals surface area contributed by atoms with Gasteiger partial charge in [-0.15, -0.1) is 0 Å². The number of fused-ring (bicyclic) bond motifs is 1. The first-order chi connectivity index (χ1) is 15.2. The van der Waals surface area contributed by atoms with Crippen LogP contribution >= 0.6 is 10.9 Å². The van der Waals surface area contributed by atoms with Crippen molar-refractivity contribution in [3.63, 3.8) is 0 Å². The lowest BCUT2D eigenvalue weighted by molar-refractivity contribution is -0.141. The molecular formula is C22H19F3N3O3S+. The quantitative estimate of drug-likeness (QED) is 0.379. The van der Waals surface area contributed by atoms with Gasteiger partial charge in [0.2, 0.25) is 15.6 Å². The molecule has 166 valence electrons. The molecule has 0 saturated carbocycles. The highest BCUT2D eigenvalue weighted by atomic mass is 32.2. The van der Waals surface area contributed by atoms with E-state index in [0.717, 1.165) is 26.2 Å². The number of hydrogen-bond donors (Lipinski definition) is 0. The lowest BCUT2D eigenvalue weighted by Crippen LogP contribution is -2.23. The van der Waals surface area contributed by atoms with Crippen molar-refractivity contribution >= 4 is 20.9 Å². The molecule has 0 aliphatic carbocycles. The summed E-state index contributed by atoms with van der Waals surface area (Å²) < 4.78 is 56.8. The lowest BCUT2D eigenvalue weighted by atomic mass is 10.1. The van der Waals surface area contributed by atoms with Gasteiger partial charge in [-0.05, 0) is 52.0 Å². The van der Waals surface area contributed by atoms with Crippen molar-refractivity contribution in [2.24, 2.45) is 0 Å². The smallest absolute Gasteiger partial charge is 0.433 e. The van der Waals surface area contributed by atoms with Crippen LogP contribution in [0.2, 0.25) is 0 Å². The Labute approximate surface area is 184 Å². The highest BCUT2D eigenvalue weighted by molar-refractivity contribution is 7.31. The van der Waals surface area contributed by atoms with Crippen molar-refractivity contribution in [3.8, 4) is 23.0 Å². The SMILES string of the molecule is CCOc1nc(C(F)(F)F)cc(=O)n1-[s+]1nc(-c2ccc(OC)c(C)c2)c2ccccc21. The fourth-order valence-electron chi connectivity index (χ4n) is 3.35. The Morgan fingerprint density at radius 1 is 1.12 bits per heavy atom. The number of halogens is 3. The van der Waals surface area contributed by atoms with Gasteiger partial charge in [0.05, 0.1) is 19.1 Å². The number of aryl methyl sites for hydroxylation is 1. The maximum atomic E-state index is 13.2. The second-order valence-electron chi connectivity index (χ2n) is 6.87. The summed E-state index contributed by atoms with van der Waals surface area (Å²) >= 11 is 0. The maximum Gasteiger partial charge on any atom is 0.433 e. The number of methoxy groups -OCH3 is 1. The molecular weight excluding hydrogens is 443 g/mol. The average Bonchev–Trinajstić information content (AvgIpc) is 3.12. The van der Waals surface area contributed by atoms with E-state index in [2.05, 4.69) is 4.98 Å². The number of aromatic nitrogens is 3. The van der Waals surface area contributed by atoms with Crippen molar-refractivity contribution in [1.29, 1.82) is 0 Å². The normalized spacial score (nSPS) is 12.2. The topological polar surface area (TPSA) is 66.2 Å². The zero-order chi connectivity index (χ0) is 23.0. The van der Waals surface area contributed by atoms with Crippen molar-refractivity contribution < 1.29 is 22.6 Å². The Morgan fingerprint density at radius 2 is 1.88 bits per heavy atom. The molecule has 2 aromatic carbocycles. The third-order valence-corrected chi connectivity index (χ3v) is 6.56. The molecule has 0 spiro atoms. The van der Waals surface area contributed by atoms with E-state index in [-0.39, 0.29) is 6.61 Å². The zero-order valence-corrected chi connectivity index (χ0v) is 18.3. The Kier molecular flexibility index (Phi) is 5.64. The van der Waals surface area contributed by atoms with Crippen molar-refractivity contribution in [3.05, 3.63) is 70.1 Å². The number of ether oxygens (including phenoxy) is 2. The summed E-state index contributed by atoms with van der Waals surface area (Å²) in [6.07, 6.45) is -4.77. The molecule has 4 rings (SSSR count). The summed E-state index contributed by atoms with van der Waals surface area (Å²) in [5, 5.41) is 0.787. The van der Waals surface area contributed by atoms with Crippen molar-refractivity contribution in [1.82, 2.24) is 13.3 Å². The second-order valence-corrected chi connectivity index (χ2v) is 8.39. The Balaban J connectivity index is 1.99. The minimum atomic E-state index is -4.77. The van der Waals surface area contributed by atoms with Gasteiger partial charge < -0.3 is 9.47 Å². The molecule has 32 heavy (non-hydrogen) atoms. The van der Waals surface area contributed by atoms with Crippen molar-refractivity contribution in [2.75, 3.05) is 13.7 Å². The summed E-state index contributed by atoms with van der Waals surface area (Å²) in [7, 11) is 0.321. The maximum absolute atomic E-state index is 13.2. The lowest BCUT2D eigenvalue weighted by Gasteiger charge is -2.08. The van der Waals surface area contributed by atoms with E-state index >= 15 is 0 Å². The van der Waals surface area contributed by atoms with Gasteiger partial charge in [-0.25, -0.2) is 0 Å². The molecule has 0 N–H and O–H groups in total. The molecule has 0 amide bonds. The molecule has 6 nitrogen and oxygen atoms in total. The molecule has 0 fully saturated rings. The first-order valence-corrected chi connectivity index (χ1v) is 10.8. The molecule has 1 unspecified atom stereocenters. The van der Waals surface area contributed by atoms with E-state index in [4.69, 9.17) is 13.8 Å². The molecule has 0 aliphatic heterocycles. The number of benzene rings is 2. The second kappa shape index (κ2) is 8.27. The minimum absolute atomic E-state index is 0.0425. The zero-order valence-electron chi connectivity index (χ0n) is 17.4. The van der Waals surface area contributed by atoms with Crippen LogP contribution in [0.15, 0.2) is 53.3 Å². The largest absolute Gasteiger partial charge is 0.496 e. The van der Waals surface area contributed by atoms with Crippen LogP contribution in [0.4, 0.5) is 13.2 Å². The first-order valence-electron chi connectivity index (χ1n) is 9.66. The van der Waals surface area contributed by atoms with E-state index in [1.165, 1.54) is 0 Å². The molecule has 2 heterocycles. The number of nitrogens with zero attached hydrogens (tertiary/aromatic N) is 3. The molecule has 2 aromatic heterocycles. The van der Waals surface area contributed by atoms with Crippen LogP contribution in [0.25, 0.3) is 21.3 Å². The fourth-order valence-corrected chi connectivity index (χ4v) is 5.13. The number of rotatable bonds is 5. The van der Waals surface area contributed by atoms with Gasteiger partial charge in [0.25, 0.3) is 0 Å². The highest BCUT2D eigenvalue weighted by Gasteiger charge is 2.37. The van der Waals surface area contributed by atoms with Crippen LogP contribution in [-0.2, 0) is 6.18 Å². The van der Waals surface area contributed by atoms with Crippen LogP contribution in [0.3, 0.4) is 0 Å². The van der Waals surface area contributed by atoms with E-state index in [1.807, 2.05) is 37.3 Å². The third kappa shape index (κ3) is 3.81. The molecule has 0 saturated heterocycles. The molecule has 1 atom stereocenters. The first kappa shape index (κ1) is 21.8. The van der Waals surface area contributed by atoms with Gasteiger partial charge >= 0.3 is 17.7 Å². The van der Waals surface area contributed by atoms with E-state index in [1.54, 1.807) is 26.2 Å². The van der Waals surface area contributed by atoms with Crippen molar-refractivity contribution in [2.45, 2.75) is 20.0 Å². The van der Waals surface area contributed by atoms with E-state index in [0.29, 0.717) is 16.5 Å². The van der Waals surface area contributed by atoms with E-state index < -0.39 is 34.3 Å². The van der Waals surface area contributed by atoms with E-state index in [9.17, 15) is 18.0 Å². The van der Waals surface area contributed by atoms with Gasteiger partial charge in [-0.3, -0.25) is 4.79 Å². The standard InChI is InChI=1S/C22H19F3N3O3S/c1-4-31-21-26-18(22(23,24)25)12-19(29)28(21)32-17-8-6-5-7-15(17)20(27-32)14-9-10-16(30-3)13(2)11-14/h5-12H,4H2,1-3H3/q+1. The Hall–Kier alpha value is -3.40. The summed E-state index contributed by atoms with van der Waals surface area (Å²) in [6.45, 7) is 3.55. The third-order valence-electron chi connectivity index (χ3n) is 4.77. The van der Waals surface area contributed by atoms with Gasteiger partial charge in [-0.1, -0.05) is 12.1 Å². The molecule has 10 heteroatoms. The molecule has 0 bridgehead atoms. The molecule has 0 aliphatic rings. The predicted molar refractivity (Wildman–Crippen MR) is 116 cm³/mol. The average molecular weight is 462 g/mol. The van der Waals surface area contributed by atoms with Crippen LogP contribution in [0.5, 0.6) is 11.8 Å². The van der Waals surface area contributed by atoms with Gasteiger partial charge in [-0.2, -0.15) is 18.2 Å². The summed E-state index contributed by atoms with van der Waals surface area (Å²) in [6, 6.07) is 12.9. The number of hydrogen-bond acceptors (Lipinski definition) is 5. The highest BCUT2D eigenvalue weighted by Crippen LogP contribution is 2.40. The summed E-state index contributed by atoms with van der Waals surface area (Å²) in [5.74, 6) is 0.724. The monoisotopic (exact) mass is 462 g/mol. The summed E-state index contributed by atoms with van der Waals surface area (Å²) in [5.41, 5.74) is 0.152.